The average molecular weight is 446 g/mol. The Labute approximate surface area is 192 Å². The molecule has 0 bridgehead atoms. The number of pyridine rings is 2. The number of nitrogens with one attached hydrogen (secondary N) is 1. The normalized spacial score (nSPS) is 16.8. The van der Waals surface area contributed by atoms with Gasteiger partial charge in [0.2, 0.25) is 0 Å². The second kappa shape index (κ2) is 8.02. The van der Waals surface area contributed by atoms with E-state index in [0.29, 0.717) is 17.3 Å². The summed E-state index contributed by atoms with van der Waals surface area (Å²) in [5.41, 5.74) is 6.12. The van der Waals surface area contributed by atoms with Gasteiger partial charge in [-0.15, -0.1) is 0 Å². The van der Waals surface area contributed by atoms with Crippen molar-refractivity contribution in [3.63, 3.8) is 0 Å². The molecule has 1 amide bonds. The van der Waals surface area contributed by atoms with E-state index in [1.54, 1.807) is 18.6 Å². The molecular formula is C25H24ClN5O. The lowest BCUT2D eigenvalue weighted by molar-refractivity contribution is -0.112. The molecule has 3 aromatic heterocycles. The monoisotopic (exact) mass is 445 g/mol. The van der Waals surface area contributed by atoms with Crippen LogP contribution in [0.15, 0.2) is 60.7 Å². The lowest BCUT2D eigenvalue weighted by Crippen LogP contribution is -2.17. The van der Waals surface area contributed by atoms with Crippen molar-refractivity contribution in [2.75, 3.05) is 5.32 Å². The lowest BCUT2D eigenvalue weighted by Gasteiger charge is -2.16. The van der Waals surface area contributed by atoms with Crippen LogP contribution in [0.3, 0.4) is 0 Å². The summed E-state index contributed by atoms with van der Waals surface area (Å²) in [7, 11) is 0. The Hall–Kier alpha value is -3.25. The standard InChI is InChI=1S/C25H24ClN5O/c1-25(2)12-22-20(13-29-31(22)15-25)19-11-23(28-14-21(19)26)30-24(32)18-5-3-4-17(10-18)16-6-8-27-9-7-16/h4-9,11,13-14H,3,10,12,15H2,1-2H3,(H,28,30,32). The number of hydrogen-bond donors (Lipinski definition) is 1. The van der Waals surface area contributed by atoms with Crippen molar-refractivity contribution in [1.82, 2.24) is 19.7 Å². The average Bonchev–Trinajstić information content (AvgIpc) is 3.30. The zero-order valence-electron chi connectivity index (χ0n) is 18.1. The molecule has 1 N–H and O–H groups in total. The number of amides is 1. The summed E-state index contributed by atoms with van der Waals surface area (Å²) in [4.78, 5) is 21.4. The Morgan fingerprint density at radius 1 is 1.16 bits per heavy atom. The molecule has 0 unspecified atom stereocenters. The molecule has 2 aliphatic rings. The zero-order valence-corrected chi connectivity index (χ0v) is 18.9. The molecule has 3 aromatic rings. The van der Waals surface area contributed by atoms with E-state index < -0.39 is 0 Å². The molecule has 32 heavy (non-hydrogen) atoms. The van der Waals surface area contributed by atoms with Crippen LogP contribution in [-0.4, -0.2) is 25.7 Å². The SMILES string of the molecule is CC1(C)Cc2c(-c3cc(NC(=O)C4=CCC=C(c5ccncc5)C4)ncc3Cl)cnn2C1. The van der Waals surface area contributed by atoms with Crippen molar-refractivity contribution in [1.29, 1.82) is 0 Å². The summed E-state index contributed by atoms with van der Waals surface area (Å²) in [6.45, 7) is 5.35. The topological polar surface area (TPSA) is 72.7 Å². The highest BCUT2D eigenvalue weighted by atomic mass is 35.5. The summed E-state index contributed by atoms with van der Waals surface area (Å²) in [6, 6.07) is 5.77. The molecule has 0 atom stereocenters. The lowest BCUT2D eigenvalue weighted by atomic mass is 9.89. The van der Waals surface area contributed by atoms with Crippen molar-refractivity contribution in [3.05, 3.63) is 77.0 Å². The van der Waals surface area contributed by atoms with Gasteiger partial charge >= 0.3 is 0 Å². The third-order valence-corrected chi connectivity index (χ3v) is 6.31. The molecule has 4 heterocycles. The van der Waals surface area contributed by atoms with E-state index in [4.69, 9.17) is 11.6 Å². The molecule has 6 nitrogen and oxygen atoms in total. The highest BCUT2D eigenvalue weighted by Crippen LogP contribution is 2.39. The van der Waals surface area contributed by atoms with Gasteiger partial charge in [0, 0.05) is 54.0 Å². The Morgan fingerprint density at radius 2 is 1.97 bits per heavy atom. The molecule has 0 saturated heterocycles. The number of aromatic nitrogens is 4. The Balaban J connectivity index is 1.35. The first kappa shape index (κ1) is 20.6. The third-order valence-electron chi connectivity index (χ3n) is 6.01. The van der Waals surface area contributed by atoms with Gasteiger partial charge in [0.15, 0.2) is 0 Å². The van der Waals surface area contributed by atoms with Gasteiger partial charge in [0.05, 0.1) is 11.2 Å². The molecule has 0 spiro atoms. The van der Waals surface area contributed by atoms with Gasteiger partial charge in [0.1, 0.15) is 5.82 Å². The van der Waals surface area contributed by atoms with E-state index in [1.807, 2.05) is 35.2 Å². The molecule has 5 rings (SSSR count). The first-order chi connectivity index (χ1) is 15.4. The van der Waals surface area contributed by atoms with E-state index in [0.717, 1.165) is 47.2 Å². The van der Waals surface area contributed by atoms with E-state index in [2.05, 4.69) is 40.3 Å². The van der Waals surface area contributed by atoms with Crippen LogP contribution in [0.25, 0.3) is 16.7 Å². The fourth-order valence-electron chi connectivity index (χ4n) is 4.43. The minimum absolute atomic E-state index is 0.146. The molecule has 0 radical (unpaired) electrons. The number of carbonyl (C=O) groups excluding carboxylic acids is 1. The fraction of sp³-hybridized carbons (Fsp3) is 0.280. The van der Waals surface area contributed by atoms with Crippen LogP contribution in [0, 0.1) is 5.41 Å². The summed E-state index contributed by atoms with van der Waals surface area (Å²) >= 11 is 6.50. The van der Waals surface area contributed by atoms with Crippen molar-refractivity contribution < 1.29 is 4.79 Å². The maximum atomic E-state index is 13.0. The Morgan fingerprint density at radius 3 is 2.78 bits per heavy atom. The van der Waals surface area contributed by atoms with Gasteiger partial charge in [-0.2, -0.15) is 5.10 Å². The molecule has 7 heteroatoms. The van der Waals surface area contributed by atoms with Crippen LogP contribution >= 0.6 is 11.6 Å². The number of carbonyl (C=O) groups is 1. The summed E-state index contributed by atoms with van der Waals surface area (Å²) < 4.78 is 2.05. The van der Waals surface area contributed by atoms with Crippen molar-refractivity contribution in [2.45, 2.75) is 39.7 Å². The number of halogens is 1. The number of rotatable bonds is 4. The maximum Gasteiger partial charge on any atom is 0.252 e. The van der Waals surface area contributed by atoms with Crippen LogP contribution in [0.4, 0.5) is 5.82 Å². The van der Waals surface area contributed by atoms with E-state index >= 15 is 0 Å². The van der Waals surface area contributed by atoms with E-state index in [9.17, 15) is 4.79 Å². The molecule has 1 aliphatic heterocycles. The van der Waals surface area contributed by atoms with Crippen molar-refractivity contribution >= 4 is 28.9 Å². The largest absolute Gasteiger partial charge is 0.307 e. The first-order valence-corrected chi connectivity index (χ1v) is 11.1. The molecule has 1 aliphatic carbocycles. The number of fused-ring (bicyclic) bond motifs is 1. The minimum atomic E-state index is -0.146. The molecular weight excluding hydrogens is 422 g/mol. The Bertz CT molecular complexity index is 1260. The molecule has 162 valence electrons. The fourth-order valence-corrected chi connectivity index (χ4v) is 4.64. The Kier molecular flexibility index (Phi) is 5.18. The number of hydrogen-bond acceptors (Lipinski definition) is 4. The third kappa shape index (κ3) is 3.98. The maximum absolute atomic E-state index is 13.0. The van der Waals surface area contributed by atoms with Crippen molar-refractivity contribution in [3.8, 4) is 11.1 Å². The van der Waals surface area contributed by atoms with Crippen molar-refractivity contribution in [2.24, 2.45) is 5.41 Å². The van der Waals surface area contributed by atoms with Crippen LogP contribution in [0.5, 0.6) is 0 Å². The molecule has 0 fully saturated rings. The zero-order chi connectivity index (χ0) is 22.3. The second-order valence-electron chi connectivity index (χ2n) is 9.11. The highest BCUT2D eigenvalue weighted by molar-refractivity contribution is 6.33. The van der Waals surface area contributed by atoms with Crippen LogP contribution in [0.2, 0.25) is 5.02 Å². The van der Waals surface area contributed by atoms with Crippen LogP contribution in [0.1, 0.15) is 37.9 Å². The van der Waals surface area contributed by atoms with Crippen LogP contribution < -0.4 is 5.32 Å². The first-order valence-electron chi connectivity index (χ1n) is 10.7. The smallest absolute Gasteiger partial charge is 0.252 e. The van der Waals surface area contributed by atoms with E-state index in [-0.39, 0.29) is 11.3 Å². The second-order valence-corrected chi connectivity index (χ2v) is 9.52. The number of nitrogens with zero attached hydrogens (tertiary/aromatic N) is 4. The molecule has 0 aromatic carbocycles. The van der Waals surface area contributed by atoms with Gasteiger partial charge in [-0.05, 0) is 47.6 Å². The number of allylic oxidation sites excluding steroid dienone is 3. The minimum Gasteiger partial charge on any atom is -0.307 e. The summed E-state index contributed by atoms with van der Waals surface area (Å²) in [5, 5.41) is 8.04. The van der Waals surface area contributed by atoms with Gasteiger partial charge in [0.25, 0.3) is 5.91 Å². The molecule has 0 saturated carbocycles. The summed E-state index contributed by atoms with van der Waals surface area (Å²) in [5.74, 6) is 0.333. The predicted molar refractivity (Wildman–Crippen MR) is 126 cm³/mol. The van der Waals surface area contributed by atoms with Gasteiger partial charge in [-0.25, -0.2) is 4.98 Å². The van der Waals surface area contributed by atoms with Gasteiger partial charge < -0.3 is 5.32 Å². The van der Waals surface area contributed by atoms with Gasteiger partial charge in [-0.1, -0.05) is 37.6 Å². The summed E-state index contributed by atoms with van der Waals surface area (Å²) in [6.07, 6.45) is 13.3. The van der Waals surface area contributed by atoms with E-state index in [1.165, 1.54) is 5.69 Å². The van der Waals surface area contributed by atoms with Crippen LogP contribution in [-0.2, 0) is 17.8 Å². The van der Waals surface area contributed by atoms with Gasteiger partial charge in [-0.3, -0.25) is 14.5 Å². The number of anilines is 1. The quantitative estimate of drug-likeness (QED) is 0.590. The highest BCUT2D eigenvalue weighted by Gasteiger charge is 2.32. The predicted octanol–water partition coefficient (Wildman–Crippen LogP) is 5.32.